The number of hydrogen-bond acceptors (Lipinski definition) is 7. The zero-order valence-electron chi connectivity index (χ0n) is 13.6. The van der Waals surface area contributed by atoms with Crippen LogP contribution < -0.4 is 16.6 Å². The lowest BCUT2D eigenvalue weighted by molar-refractivity contribution is -0.144. The molecule has 0 aromatic carbocycles. The molecule has 1 amide bonds. The fourth-order valence-electron chi connectivity index (χ4n) is 1.85. The highest BCUT2D eigenvalue weighted by Gasteiger charge is 2.11. The fourth-order valence-corrected chi connectivity index (χ4v) is 2.99. The number of aromatic amines is 2. The minimum absolute atomic E-state index is 0.0399. The van der Waals surface area contributed by atoms with E-state index >= 15 is 0 Å². The monoisotopic (exact) mass is 442 g/mol. The number of esters is 1. The molecule has 0 radical (unpaired) electrons. The number of ether oxygens (including phenoxy) is 1. The number of carbonyl (C=O) groups excluding carboxylic acids is 2. The molecule has 138 valence electrons. The van der Waals surface area contributed by atoms with Gasteiger partial charge < -0.3 is 15.0 Å². The van der Waals surface area contributed by atoms with Gasteiger partial charge in [-0.05, 0) is 35.0 Å². The molecule has 2 heterocycles. The number of aryl methyl sites for hydroxylation is 1. The molecule has 26 heavy (non-hydrogen) atoms. The van der Waals surface area contributed by atoms with Crippen molar-refractivity contribution in [3.8, 4) is 0 Å². The highest BCUT2D eigenvalue weighted by molar-refractivity contribution is 9.10. The molecule has 2 aromatic rings. The number of hydrogen-bond donors (Lipinski definition) is 3. The normalized spacial score (nSPS) is 10.4. The highest BCUT2D eigenvalue weighted by atomic mass is 79.9. The van der Waals surface area contributed by atoms with E-state index in [2.05, 4.69) is 36.2 Å². The first-order chi connectivity index (χ1) is 12.3. The van der Waals surface area contributed by atoms with Gasteiger partial charge in [0.25, 0.3) is 11.5 Å². The molecule has 0 aliphatic heterocycles. The number of pyridine rings is 1. The smallest absolute Gasteiger partial charge is 0.325 e. The van der Waals surface area contributed by atoms with Gasteiger partial charge in [0.05, 0.1) is 5.75 Å². The van der Waals surface area contributed by atoms with Crippen LogP contribution in [0, 0.1) is 6.92 Å². The third-order valence-electron chi connectivity index (χ3n) is 3.08. The van der Waals surface area contributed by atoms with Crippen molar-refractivity contribution in [3.63, 3.8) is 0 Å². The van der Waals surface area contributed by atoms with Gasteiger partial charge >= 0.3 is 11.7 Å². The van der Waals surface area contributed by atoms with E-state index in [1.54, 1.807) is 19.1 Å². The molecule has 0 aliphatic rings. The van der Waals surface area contributed by atoms with Crippen LogP contribution in [0.5, 0.6) is 0 Å². The van der Waals surface area contributed by atoms with E-state index in [0.29, 0.717) is 17.1 Å². The van der Waals surface area contributed by atoms with Crippen LogP contribution in [-0.2, 0) is 20.1 Å². The third-order valence-corrected chi connectivity index (χ3v) is 4.48. The summed E-state index contributed by atoms with van der Waals surface area (Å²) in [6.07, 6.45) is 1.53. The van der Waals surface area contributed by atoms with Crippen molar-refractivity contribution in [1.29, 1.82) is 0 Å². The molecule has 11 heteroatoms. The average Bonchev–Trinajstić information content (AvgIpc) is 2.57. The molecule has 0 bridgehead atoms. The van der Waals surface area contributed by atoms with Gasteiger partial charge in [0, 0.05) is 27.7 Å². The van der Waals surface area contributed by atoms with Crippen molar-refractivity contribution in [2.45, 2.75) is 12.7 Å². The Balaban J connectivity index is 1.74. The van der Waals surface area contributed by atoms with Crippen LogP contribution in [0.2, 0.25) is 0 Å². The number of amides is 1. The van der Waals surface area contributed by atoms with E-state index in [-0.39, 0.29) is 11.5 Å². The van der Waals surface area contributed by atoms with Crippen molar-refractivity contribution in [2.24, 2.45) is 0 Å². The summed E-state index contributed by atoms with van der Waals surface area (Å²) in [5.74, 6) is -0.570. The van der Waals surface area contributed by atoms with Gasteiger partial charge in [0.1, 0.15) is 5.82 Å². The van der Waals surface area contributed by atoms with Gasteiger partial charge in [0.2, 0.25) is 0 Å². The maximum atomic E-state index is 11.7. The summed E-state index contributed by atoms with van der Waals surface area (Å²) in [6.45, 7) is 1.17. The Morgan fingerprint density at radius 2 is 2.08 bits per heavy atom. The predicted molar refractivity (Wildman–Crippen MR) is 100 cm³/mol. The van der Waals surface area contributed by atoms with E-state index in [1.807, 2.05) is 0 Å². The zero-order valence-corrected chi connectivity index (χ0v) is 16.0. The largest absolute Gasteiger partial charge is 0.455 e. The molecule has 3 N–H and O–H groups in total. The summed E-state index contributed by atoms with van der Waals surface area (Å²) < 4.78 is 5.64. The van der Waals surface area contributed by atoms with Gasteiger partial charge in [-0.1, -0.05) is 0 Å². The maximum absolute atomic E-state index is 11.7. The van der Waals surface area contributed by atoms with E-state index in [1.165, 1.54) is 6.20 Å². The molecule has 2 rings (SSSR count). The Morgan fingerprint density at radius 3 is 2.73 bits per heavy atom. The lowest BCUT2D eigenvalue weighted by atomic mass is 10.3. The molecular weight excluding hydrogens is 428 g/mol. The van der Waals surface area contributed by atoms with E-state index < -0.39 is 29.7 Å². The summed E-state index contributed by atoms with van der Waals surface area (Å²) in [5, 5.41) is 2.49. The summed E-state index contributed by atoms with van der Waals surface area (Å²) in [5.41, 5.74) is -0.247. The Hall–Kier alpha value is -2.40. The quantitative estimate of drug-likeness (QED) is 0.543. The van der Waals surface area contributed by atoms with Crippen molar-refractivity contribution in [3.05, 3.63) is 54.9 Å². The maximum Gasteiger partial charge on any atom is 0.325 e. The standard InChI is InChI=1S/C15H15BrN4O5S/c1-8-10(14(23)20-15(24)18-8)6-26-7-13(22)25-5-12(21)19-11-3-2-9(16)4-17-11/h2-4H,5-7H2,1H3,(H,17,19,21)(H2,18,20,23,24). The van der Waals surface area contributed by atoms with Crippen LogP contribution in [0.1, 0.15) is 11.3 Å². The number of nitrogens with one attached hydrogen (secondary N) is 3. The first-order valence-corrected chi connectivity index (χ1v) is 9.27. The topological polar surface area (TPSA) is 134 Å². The van der Waals surface area contributed by atoms with Crippen molar-refractivity contribution < 1.29 is 14.3 Å². The van der Waals surface area contributed by atoms with Crippen molar-refractivity contribution in [2.75, 3.05) is 17.7 Å². The summed E-state index contributed by atoms with van der Waals surface area (Å²) in [6, 6.07) is 3.31. The van der Waals surface area contributed by atoms with E-state index in [0.717, 1.165) is 16.2 Å². The minimum Gasteiger partial charge on any atom is -0.455 e. The minimum atomic E-state index is -0.590. The van der Waals surface area contributed by atoms with Crippen LogP contribution in [0.15, 0.2) is 32.4 Å². The Kier molecular flexibility index (Phi) is 7.16. The second-order valence-corrected chi connectivity index (χ2v) is 6.98. The molecule has 0 saturated carbocycles. The van der Waals surface area contributed by atoms with Crippen molar-refractivity contribution >= 4 is 45.4 Å². The summed E-state index contributed by atoms with van der Waals surface area (Å²) in [4.78, 5) is 54.7. The Labute approximate surface area is 160 Å². The van der Waals surface area contributed by atoms with E-state index in [9.17, 15) is 19.2 Å². The zero-order chi connectivity index (χ0) is 19.1. The number of carbonyl (C=O) groups is 2. The van der Waals surface area contributed by atoms with E-state index in [4.69, 9.17) is 4.74 Å². The van der Waals surface area contributed by atoms with Crippen LogP contribution in [0.3, 0.4) is 0 Å². The summed E-state index contributed by atoms with van der Waals surface area (Å²) in [7, 11) is 0. The lowest BCUT2D eigenvalue weighted by Gasteiger charge is -2.06. The highest BCUT2D eigenvalue weighted by Crippen LogP contribution is 2.11. The third kappa shape index (κ3) is 6.15. The van der Waals surface area contributed by atoms with Crippen LogP contribution in [0.4, 0.5) is 5.82 Å². The van der Waals surface area contributed by atoms with Crippen molar-refractivity contribution in [1.82, 2.24) is 15.0 Å². The number of anilines is 1. The molecule has 0 unspecified atom stereocenters. The number of H-pyrrole nitrogens is 2. The number of halogens is 1. The predicted octanol–water partition coefficient (Wildman–Crippen LogP) is 0.944. The van der Waals surface area contributed by atoms with Gasteiger partial charge in [-0.25, -0.2) is 9.78 Å². The van der Waals surface area contributed by atoms with Gasteiger partial charge in [-0.15, -0.1) is 11.8 Å². The van der Waals surface area contributed by atoms with Gasteiger partial charge in [0.15, 0.2) is 6.61 Å². The molecule has 0 saturated heterocycles. The molecule has 0 fully saturated rings. The second-order valence-electron chi connectivity index (χ2n) is 5.08. The molecule has 2 aromatic heterocycles. The van der Waals surface area contributed by atoms with Crippen LogP contribution >= 0.6 is 27.7 Å². The first-order valence-electron chi connectivity index (χ1n) is 7.32. The SMILES string of the molecule is Cc1[nH]c(=O)[nH]c(=O)c1CSCC(=O)OCC(=O)Nc1ccc(Br)cn1. The number of aromatic nitrogens is 3. The molecule has 0 atom stereocenters. The second kappa shape index (κ2) is 9.34. The molecule has 0 spiro atoms. The average molecular weight is 443 g/mol. The molecule has 9 nitrogen and oxygen atoms in total. The van der Waals surface area contributed by atoms with Crippen LogP contribution in [-0.4, -0.2) is 39.2 Å². The fraction of sp³-hybridized carbons (Fsp3) is 0.267. The number of rotatable bonds is 7. The van der Waals surface area contributed by atoms with Crippen LogP contribution in [0.25, 0.3) is 0 Å². The Bertz CT molecular complexity index is 909. The van der Waals surface area contributed by atoms with Gasteiger partial charge in [-0.3, -0.25) is 19.4 Å². The molecular formula is C15H15BrN4O5S. The van der Waals surface area contributed by atoms with Gasteiger partial charge in [-0.2, -0.15) is 0 Å². The number of thioether (sulfide) groups is 1. The molecule has 0 aliphatic carbocycles. The Morgan fingerprint density at radius 1 is 1.31 bits per heavy atom. The lowest BCUT2D eigenvalue weighted by Crippen LogP contribution is -2.26. The number of nitrogens with zero attached hydrogens (tertiary/aromatic N) is 1. The summed E-state index contributed by atoms with van der Waals surface area (Å²) >= 11 is 4.37. The first kappa shape index (κ1) is 19.9.